The molecule has 0 fully saturated rings. The van der Waals surface area contributed by atoms with Crippen LogP contribution in [-0.4, -0.2) is 16.7 Å². The molecule has 24 heavy (non-hydrogen) atoms. The fourth-order valence-electron chi connectivity index (χ4n) is 2.42. The predicted octanol–water partition coefficient (Wildman–Crippen LogP) is 6.03. The SMILES string of the molecule is CCOc1c(Br)cc(Br)cc1C=Cc1ccc2cccc(O)c2n1. The van der Waals surface area contributed by atoms with E-state index in [1.807, 2.05) is 55.5 Å². The highest BCUT2D eigenvalue weighted by Gasteiger charge is 2.08. The van der Waals surface area contributed by atoms with Crippen LogP contribution in [0.3, 0.4) is 0 Å². The highest BCUT2D eigenvalue weighted by atomic mass is 79.9. The maximum Gasteiger partial charge on any atom is 0.141 e. The van der Waals surface area contributed by atoms with E-state index in [1.165, 1.54) is 0 Å². The number of fused-ring (bicyclic) bond motifs is 1. The monoisotopic (exact) mass is 447 g/mol. The van der Waals surface area contributed by atoms with Crippen LogP contribution in [-0.2, 0) is 0 Å². The normalized spacial score (nSPS) is 11.3. The summed E-state index contributed by atoms with van der Waals surface area (Å²) in [6.45, 7) is 2.54. The van der Waals surface area contributed by atoms with E-state index in [2.05, 4.69) is 36.8 Å². The lowest BCUT2D eigenvalue weighted by molar-refractivity contribution is 0.337. The number of benzene rings is 2. The van der Waals surface area contributed by atoms with Gasteiger partial charge in [0.15, 0.2) is 0 Å². The maximum atomic E-state index is 9.95. The second-order valence-electron chi connectivity index (χ2n) is 5.16. The van der Waals surface area contributed by atoms with E-state index in [0.29, 0.717) is 12.1 Å². The van der Waals surface area contributed by atoms with E-state index in [4.69, 9.17) is 4.74 Å². The van der Waals surface area contributed by atoms with Gasteiger partial charge in [0.25, 0.3) is 0 Å². The van der Waals surface area contributed by atoms with Crippen molar-refractivity contribution in [1.82, 2.24) is 4.98 Å². The summed E-state index contributed by atoms with van der Waals surface area (Å²) in [5, 5.41) is 10.9. The molecule has 0 aliphatic heterocycles. The van der Waals surface area contributed by atoms with Gasteiger partial charge in [-0.1, -0.05) is 34.1 Å². The Kier molecular flexibility index (Phi) is 5.21. The Labute approximate surface area is 157 Å². The van der Waals surface area contributed by atoms with Crippen molar-refractivity contribution in [2.24, 2.45) is 0 Å². The third-order valence-corrected chi connectivity index (χ3v) is 4.53. The number of aromatic nitrogens is 1. The quantitative estimate of drug-likeness (QED) is 0.529. The van der Waals surface area contributed by atoms with Crippen LogP contribution in [0.5, 0.6) is 11.5 Å². The van der Waals surface area contributed by atoms with Crippen molar-refractivity contribution in [2.75, 3.05) is 6.61 Å². The Hall–Kier alpha value is -1.85. The summed E-state index contributed by atoms with van der Waals surface area (Å²) in [6.07, 6.45) is 3.86. The van der Waals surface area contributed by atoms with Crippen molar-refractivity contribution in [3.8, 4) is 11.5 Å². The molecule has 122 valence electrons. The van der Waals surface area contributed by atoms with Gasteiger partial charge in [0, 0.05) is 15.4 Å². The minimum Gasteiger partial charge on any atom is -0.506 e. The molecule has 1 N–H and O–H groups in total. The second-order valence-corrected chi connectivity index (χ2v) is 6.93. The average molecular weight is 449 g/mol. The summed E-state index contributed by atoms with van der Waals surface area (Å²) in [5.74, 6) is 0.976. The predicted molar refractivity (Wildman–Crippen MR) is 105 cm³/mol. The number of nitrogens with zero attached hydrogens (tertiary/aromatic N) is 1. The molecule has 0 saturated carbocycles. The summed E-state index contributed by atoms with van der Waals surface area (Å²) in [4.78, 5) is 4.51. The fourth-order valence-corrected chi connectivity index (χ4v) is 3.79. The molecule has 0 atom stereocenters. The third-order valence-electron chi connectivity index (χ3n) is 3.48. The van der Waals surface area contributed by atoms with E-state index in [1.54, 1.807) is 6.07 Å². The summed E-state index contributed by atoms with van der Waals surface area (Å²) in [5.41, 5.74) is 2.31. The number of para-hydroxylation sites is 1. The van der Waals surface area contributed by atoms with Crippen LogP contribution in [0.4, 0.5) is 0 Å². The Balaban J connectivity index is 2.00. The molecular weight excluding hydrogens is 434 g/mol. The molecule has 1 heterocycles. The van der Waals surface area contributed by atoms with Gasteiger partial charge >= 0.3 is 0 Å². The summed E-state index contributed by atoms with van der Waals surface area (Å²) >= 11 is 7.03. The Bertz CT molecular complexity index is 923. The topological polar surface area (TPSA) is 42.4 Å². The van der Waals surface area contributed by atoms with Gasteiger partial charge in [-0.3, -0.25) is 0 Å². The standard InChI is InChI=1S/C19H15Br2NO2/c1-2-24-19-13(10-14(20)11-16(19)21)7-9-15-8-6-12-4-3-5-17(23)18(12)22-15/h3-11,23H,2H2,1H3. The number of rotatable bonds is 4. The number of aromatic hydroxyl groups is 1. The first-order valence-corrected chi connectivity index (χ1v) is 9.05. The number of pyridine rings is 1. The molecule has 0 radical (unpaired) electrons. The van der Waals surface area contributed by atoms with Crippen molar-refractivity contribution in [3.05, 3.63) is 62.7 Å². The van der Waals surface area contributed by atoms with E-state index < -0.39 is 0 Å². The first kappa shape index (κ1) is 17.0. The van der Waals surface area contributed by atoms with Crippen molar-refractivity contribution in [1.29, 1.82) is 0 Å². The molecule has 3 nitrogen and oxygen atoms in total. The molecule has 0 spiro atoms. The molecule has 0 aliphatic carbocycles. The number of hydrogen-bond acceptors (Lipinski definition) is 3. The van der Waals surface area contributed by atoms with Gasteiger partial charge in [-0.15, -0.1) is 0 Å². The van der Waals surface area contributed by atoms with Crippen molar-refractivity contribution in [3.63, 3.8) is 0 Å². The van der Waals surface area contributed by atoms with Crippen LogP contribution in [0.15, 0.2) is 51.4 Å². The van der Waals surface area contributed by atoms with Crippen molar-refractivity contribution >= 4 is 54.9 Å². The Morgan fingerprint density at radius 2 is 1.96 bits per heavy atom. The van der Waals surface area contributed by atoms with Gasteiger partial charge in [0.2, 0.25) is 0 Å². The summed E-state index contributed by atoms with van der Waals surface area (Å²) in [6, 6.07) is 13.2. The summed E-state index contributed by atoms with van der Waals surface area (Å²) in [7, 11) is 0. The molecule has 1 aromatic heterocycles. The third kappa shape index (κ3) is 3.62. The number of phenols is 1. The number of ether oxygens (including phenoxy) is 1. The van der Waals surface area contributed by atoms with Gasteiger partial charge in [-0.05, 0) is 59.3 Å². The van der Waals surface area contributed by atoms with E-state index >= 15 is 0 Å². The number of hydrogen-bond donors (Lipinski definition) is 1. The van der Waals surface area contributed by atoms with Gasteiger partial charge < -0.3 is 9.84 Å². The van der Waals surface area contributed by atoms with E-state index in [-0.39, 0.29) is 5.75 Å². The van der Waals surface area contributed by atoms with Crippen LogP contribution in [0.1, 0.15) is 18.2 Å². The van der Waals surface area contributed by atoms with Crippen LogP contribution < -0.4 is 4.74 Å². The number of halogens is 2. The Morgan fingerprint density at radius 3 is 2.75 bits per heavy atom. The molecular formula is C19H15Br2NO2. The molecule has 0 unspecified atom stereocenters. The number of phenolic OH excluding ortho intramolecular Hbond substituents is 1. The molecule has 0 saturated heterocycles. The lowest BCUT2D eigenvalue weighted by Gasteiger charge is -2.10. The molecule has 0 aliphatic rings. The van der Waals surface area contributed by atoms with Gasteiger partial charge in [-0.25, -0.2) is 4.98 Å². The smallest absolute Gasteiger partial charge is 0.141 e. The average Bonchev–Trinajstić information content (AvgIpc) is 2.56. The molecule has 0 amide bonds. The minimum absolute atomic E-state index is 0.183. The maximum absolute atomic E-state index is 9.95. The molecule has 0 bridgehead atoms. The minimum atomic E-state index is 0.183. The van der Waals surface area contributed by atoms with Crippen LogP contribution in [0, 0.1) is 0 Å². The van der Waals surface area contributed by atoms with Crippen LogP contribution in [0.2, 0.25) is 0 Å². The highest BCUT2D eigenvalue weighted by molar-refractivity contribution is 9.11. The lowest BCUT2D eigenvalue weighted by Crippen LogP contribution is -1.95. The first-order valence-electron chi connectivity index (χ1n) is 7.47. The molecule has 3 aromatic rings. The summed E-state index contributed by atoms with van der Waals surface area (Å²) < 4.78 is 7.57. The fraction of sp³-hybridized carbons (Fsp3) is 0.105. The molecule has 3 rings (SSSR count). The van der Waals surface area contributed by atoms with Gasteiger partial charge in [-0.2, -0.15) is 0 Å². The highest BCUT2D eigenvalue weighted by Crippen LogP contribution is 2.34. The Morgan fingerprint density at radius 1 is 1.12 bits per heavy atom. The van der Waals surface area contributed by atoms with Gasteiger partial charge in [0.1, 0.15) is 17.0 Å². The molecule has 2 aromatic carbocycles. The lowest BCUT2D eigenvalue weighted by atomic mass is 10.1. The van der Waals surface area contributed by atoms with Gasteiger partial charge in [0.05, 0.1) is 16.8 Å². The van der Waals surface area contributed by atoms with Crippen molar-refractivity contribution in [2.45, 2.75) is 6.92 Å². The molecule has 5 heteroatoms. The van der Waals surface area contributed by atoms with Crippen molar-refractivity contribution < 1.29 is 9.84 Å². The zero-order valence-corrected chi connectivity index (χ0v) is 16.1. The first-order chi connectivity index (χ1) is 11.6. The zero-order valence-electron chi connectivity index (χ0n) is 13.0. The van der Waals surface area contributed by atoms with E-state index in [9.17, 15) is 5.11 Å². The van der Waals surface area contributed by atoms with Crippen LogP contribution >= 0.6 is 31.9 Å². The zero-order chi connectivity index (χ0) is 17.1. The second kappa shape index (κ2) is 7.36. The largest absolute Gasteiger partial charge is 0.506 e. The van der Waals surface area contributed by atoms with E-state index in [0.717, 1.165) is 31.3 Å². The van der Waals surface area contributed by atoms with Crippen LogP contribution in [0.25, 0.3) is 23.1 Å².